The molecule has 0 amide bonds. The van der Waals surface area contributed by atoms with E-state index in [1.165, 1.54) is 0 Å². The minimum atomic E-state index is -0.756. The van der Waals surface area contributed by atoms with Gasteiger partial charge in [0, 0.05) is 54.5 Å². The van der Waals surface area contributed by atoms with Crippen LogP contribution in [0.1, 0.15) is 37.8 Å². The monoisotopic (exact) mass is 490 g/mol. The topological polar surface area (TPSA) is 163 Å². The molecule has 1 aliphatic heterocycles. The van der Waals surface area contributed by atoms with Gasteiger partial charge in [0.05, 0.1) is 29.2 Å². The van der Waals surface area contributed by atoms with Crippen molar-refractivity contribution in [3.05, 3.63) is 48.0 Å². The first-order valence-electron chi connectivity index (χ1n) is 11.8. The van der Waals surface area contributed by atoms with Crippen molar-refractivity contribution < 1.29 is 14.6 Å². The van der Waals surface area contributed by atoms with E-state index in [1.807, 2.05) is 38.5 Å². The van der Waals surface area contributed by atoms with E-state index in [1.54, 1.807) is 28.4 Å². The van der Waals surface area contributed by atoms with E-state index < -0.39 is 18.4 Å². The predicted octanol–water partition coefficient (Wildman–Crippen LogP) is 2.67. The molecule has 6 N–H and O–H groups in total. The van der Waals surface area contributed by atoms with Crippen molar-refractivity contribution in [2.24, 2.45) is 7.05 Å². The second-order valence-corrected chi connectivity index (χ2v) is 9.05. The molecule has 188 valence electrons. The minimum Gasteiger partial charge on any atom is -0.489 e. The molecule has 0 aliphatic carbocycles. The Kier molecular flexibility index (Phi) is 6.10. The van der Waals surface area contributed by atoms with Gasteiger partial charge in [-0.3, -0.25) is 9.67 Å². The van der Waals surface area contributed by atoms with Crippen molar-refractivity contribution in [2.75, 3.05) is 18.1 Å². The van der Waals surface area contributed by atoms with E-state index >= 15 is 0 Å². The zero-order valence-electron chi connectivity index (χ0n) is 20.5. The molecule has 0 unspecified atom stereocenters. The SMILES string of the molecule is CCc1cc(N)c2ncc(OC[C@H]3O[C@@H](n4cc(-c5ccn(C)n5)c(C(C)=N)c4N)C[C@@H]3O)cc2n1. The quantitative estimate of drug-likeness (QED) is 0.287. The molecule has 1 fully saturated rings. The van der Waals surface area contributed by atoms with Crippen molar-refractivity contribution in [3.63, 3.8) is 0 Å². The molecule has 4 aromatic heterocycles. The molecule has 0 radical (unpaired) electrons. The molecule has 5 heterocycles. The van der Waals surface area contributed by atoms with Gasteiger partial charge in [-0.25, -0.2) is 4.98 Å². The maximum atomic E-state index is 10.7. The van der Waals surface area contributed by atoms with Crippen molar-refractivity contribution in [1.29, 1.82) is 5.41 Å². The standard InChI is InChI=1S/C25H30N8O3/c1-4-14-7-17(27)24-19(30-14)8-15(10-29-24)35-12-21-20(34)9-22(36-21)33-11-16(18-5-6-32(3)31-18)23(13(2)26)25(33)28/h5-8,10-11,20-22,26,34H,4,9,12,28H2,1-3H3,(H2,27,30)/t20-,21+,22+/m0/s1. The van der Waals surface area contributed by atoms with Gasteiger partial charge in [0.2, 0.25) is 0 Å². The Hall–Kier alpha value is -3.96. The largest absolute Gasteiger partial charge is 0.489 e. The van der Waals surface area contributed by atoms with E-state index in [0.29, 0.717) is 51.7 Å². The first-order valence-corrected chi connectivity index (χ1v) is 11.8. The number of nitrogens with zero attached hydrogens (tertiary/aromatic N) is 5. The van der Waals surface area contributed by atoms with Crippen LogP contribution in [0.5, 0.6) is 5.75 Å². The Morgan fingerprint density at radius 2 is 2.14 bits per heavy atom. The number of nitrogens with two attached hydrogens (primary N) is 2. The first kappa shape index (κ1) is 23.8. The molecular weight excluding hydrogens is 460 g/mol. The number of aryl methyl sites for hydroxylation is 2. The molecule has 1 saturated heterocycles. The fraction of sp³-hybridized carbons (Fsp3) is 0.360. The molecule has 11 heteroatoms. The van der Waals surface area contributed by atoms with Gasteiger partial charge in [-0.05, 0) is 25.5 Å². The normalized spacial score (nSPS) is 19.7. The van der Waals surface area contributed by atoms with Gasteiger partial charge in [-0.15, -0.1) is 0 Å². The van der Waals surface area contributed by atoms with Crippen LogP contribution in [0, 0.1) is 5.41 Å². The van der Waals surface area contributed by atoms with Gasteiger partial charge in [-0.2, -0.15) is 5.10 Å². The Bertz CT molecular complexity index is 1440. The van der Waals surface area contributed by atoms with Crippen molar-refractivity contribution in [3.8, 4) is 17.0 Å². The number of rotatable bonds is 7. The smallest absolute Gasteiger partial charge is 0.139 e. The fourth-order valence-corrected chi connectivity index (χ4v) is 4.58. The lowest BCUT2D eigenvalue weighted by Gasteiger charge is -2.17. The van der Waals surface area contributed by atoms with Gasteiger partial charge in [0.1, 0.15) is 36.0 Å². The Labute approximate surface area is 208 Å². The van der Waals surface area contributed by atoms with E-state index in [0.717, 1.165) is 17.7 Å². The Morgan fingerprint density at radius 3 is 2.83 bits per heavy atom. The van der Waals surface area contributed by atoms with Gasteiger partial charge < -0.3 is 36.0 Å². The van der Waals surface area contributed by atoms with E-state index in [9.17, 15) is 5.11 Å². The van der Waals surface area contributed by atoms with Crippen molar-refractivity contribution in [2.45, 2.75) is 45.1 Å². The summed E-state index contributed by atoms with van der Waals surface area (Å²) in [6, 6.07) is 5.49. The highest BCUT2D eigenvalue weighted by Gasteiger charge is 2.37. The molecular formula is C25H30N8O3. The zero-order valence-corrected chi connectivity index (χ0v) is 20.5. The number of aromatic nitrogens is 5. The highest BCUT2D eigenvalue weighted by Crippen LogP contribution is 2.37. The zero-order chi connectivity index (χ0) is 25.6. The molecule has 0 spiro atoms. The summed E-state index contributed by atoms with van der Waals surface area (Å²) in [5.74, 6) is 0.914. The third kappa shape index (κ3) is 4.27. The average molecular weight is 491 g/mol. The molecule has 0 saturated carbocycles. The summed E-state index contributed by atoms with van der Waals surface area (Å²) in [6.45, 7) is 3.82. The second-order valence-electron chi connectivity index (χ2n) is 9.05. The lowest BCUT2D eigenvalue weighted by atomic mass is 10.1. The van der Waals surface area contributed by atoms with Gasteiger partial charge in [-0.1, -0.05) is 6.92 Å². The highest BCUT2D eigenvalue weighted by atomic mass is 16.6. The van der Waals surface area contributed by atoms with Crippen LogP contribution in [0.15, 0.2) is 36.8 Å². The van der Waals surface area contributed by atoms with Crippen LogP contribution in [0.25, 0.3) is 22.3 Å². The summed E-state index contributed by atoms with van der Waals surface area (Å²) in [4.78, 5) is 8.97. The lowest BCUT2D eigenvalue weighted by Crippen LogP contribution is -2.28. The molecule has 5 rings (SSSR count). The van der Waals surface area contributed by atoms with E-state index in [4.69, 9.17) is 26.4 Å². The molecule has 0 aromatic carbocycles. The minimum absolute atomic E-state index is 0.124. The predicted molar refractivity (Wildman–Crippen MR) is 137 cm³/mol. The lowest BCUT2D eigenvalue weighted by molar-refractivity contribution is -0.0384. The number of aliphatic hydroxyl groups excluding tert-OH is 1. The van der Waals surface area contributed by atoms with E-state index in [-0.39, 0.29) is 6.61 Å². The summed E-state index contributed by atoms with van der Waals surface area (Å²) >= 11 is 0. The Balaban J connectivity index is 1.34. The van der Waals surface area contributed by atoms with Crippen LogP contribution in [0.3, 0.4) is 0 Å². The van der Waals surface area contributed by atoms with Gasteiger partial charge in [0.25, 0.3) is 0 Å². The van der Waals surface area contributed by atoms with E-state index in [2.05, 4.69) is 15.1 Å². The summed E-state index contributed by atoms with van der Waals surface area (Å²) in [5, 5.41) is 23.4. The van der Waals surface area contributed by atoms with Crippen LogP contribution in [0.4, 0.5) is 11.5 Å². The molecule has 0 bridgehead atoms. The summed E-state index contributed by atoms with van der Waals surface area (Å²) < 4.78 is 15.5. The van der Waals surface area contributed by atoms with Crippen molar-refractivity contribution in [1.82, 2.24) is 24.3 Å². The maximum absolute atomic E-state index is 10.7. The fourth-order valence-electron chi connectivity index (χ4n) is 4.58. The van der Waals surface area contributed by atoms with Crippen LogP contribution < -0.4 is 16.2 Å². The van der Waals surface area contributed by atoms with Crippen LogP contribution in [0.2, 0.25) is 0 Å². The van der Waals surface area contributed by atoms with Crippen molar-refractivity contribution >= 4 is 28.3 Å². The first-order chi connectivity index (χ1) is 17.2. The van der Waals surface area contributed by atoms with Crippen LogP contribution >= 0.6 is 0 Å². The molecule has 11 nitrogen and oxygen atoms in total. The third-order valence-electron chi connectivity index (χ3n) is 6.43. The number of ether oxygens (including phenoxy) is 2. The number of pyridine rings is 2. The van der Waals surface area contributed by atoms with Gasteiger partial charge >= 0.3 is 0 Å². The second kappa shape index (κ2) is 9.25. The molecule has 1 aliphatic rings. The number of hydrogen-bond acceptors (Lipinski definition) is 9. The third-order valence-corrected chi connectivity index (χ3v) is 6.43. The van der Waals surface area contributed by atoms with Crippen LogP contribution in [-0.2, 0) is 18.2 Å². The summed E-state index contributed by atoms with van der Waals surface area (Å²) in [6.07, 6.45) is 4.52. The summed E-state index contributed by atoms with van der Waals surface area (Å²) in [7, 11) is 1.83. The number of anilines is 2. The number of aliphatic hydroxyl groups is 1. The molecule has 4 aromatic rings. The van der Waals surface area contributed by atoms with Crippen LogP contribution in [-0.4, -0.2) is 53.9 Å². The number of fused-ring (bicyclic) bond motifs is 1. The Morgan fingerprint density at radius 1 is 1.33 bits per heavy atom. The molecule has 3 atom stereocenters. The summed E-state index contributed by atoms with van der Waals surface area (Å²) in [5.41, 5.74) is 17.7. The maximum Gasteiger partial charge on any atom is 0.139 e. The van der Waals surface area contributed by atoms with Gasteiger partial charge in [0.15, 0.2) is 0 Å². The molecule has 36 heavy (non-hydrogen) atoms. The highest BCUT2D eigenvalue weighted by molar-refractivity contribution is 6.06. The number of nitrogens with one attached hydrogen (secondary N) is 1. The number of nitrogen functional groups attached to an aromatic ring is 2. The number of hydrogen-bond donors (Lipinski definition) is 4. The average Bonchev–Trinajstić information content (AvgIpc) is 3.53.